The molecule has 26 heavy (non-hydrogen) atoms. The molecule has 1 saturated carbocycles. The minimum Gasteiger partial charge on any atom is -0.469 e. The number of ether oxygens (including phenoxy) is 3. The number of benzene rings is 1. The van der Waals surface area contributed by atoms with Gasteiger partial charge in [0.05, 0.1) is 33.4 Å². The molecular formula is C19H25NO6. The first-order valence-corrected chi connectivity index (χ1v) is 8.71. The van der Waals surface area contributed by atoms with Gasteiger partial charge in [0.2, 0.25) is 0 Å². The molecule has 0 aromatic heterocycles. The van der Waals surface area contributed by atoms with E-state index in [1.807, 2.05) is 12.1 Å². The lowest BCUT2D eigenvalue weighted by Gasteiger charge is -2.29. The van der Waals surface area contributed by atoms with Crippen molar-refractivity contribution in [2.45, 2.75) is 44.1 Å². The second-order valence-electron chi connectivity index (χ2n) is 6.24. The van der Waals surface area contributed by atoms with Crippen LogP contribution in [0.3, 0.4) is 0 Å². The van der Waals surface area contributed by atoms with Crippen LogP contribution in [0.25, 0.3) is 0 Å². The molecule has 1 aromatic carbocycles. The molecule has 0 saturated heterocycles. The van der Waals surface area contributed by atoms with Crippen LogP contribution in [0.1, 0.15) is 43.6 Å². The van der Waals surface area contributed by atoms with Gasteiger partial charge in [0.1, 0.15) is 0 Å². The van der Waals surface area contributed by atoms with E-state index in [-0.39, 0.29) is 18.5 Å². The molecule has 1 aliphatic rings. The van der Waals surface area contributed by atoms with E-state index in [0.29, 0.717) is 18.2 Å². The maximum atomic E-state index is 11.5. The number of carbonyl (C=O) groups is 3. The molecule has 1 N–H and O–H groups in total. The van der Waals surface area contributed by atoms with Crippen LogP contribution in [0.4, 0.5) is 5.69 Å². The molecule has 0 bridgehead atoms. The van der Waals surface area contributed by atoms with Gasteiger partial charge in [-0.05, 0) is 49.3 Å². The fraction of sp³-hybridized carbons (Fsp3) is 0.526. The van der Waals surface area contributed by atoms with E-state index in [2.05, 4.69) is 14.8 Å². The van der Waals surface area contributed by atoms with Crippen molar-refractivity contribution >= 4 is 23.5 Å². The van der Waals surface area contributed by atoms with Crippen molar-refractivity contribution in [1.82, 2.24) is 0 Å². The number of carbonyl (C=O) groups excluding carboxylic acids is 3. The summed E-state index contributed by atoms with van der Waals surface area (Å²) in [6.07, 6.45) is 4.40. The van der Waals surface area contributed by atoms with E-state index < -0.39 is 11.9 Å². The Kier molecular flexibility index (Phi) is 7.59. The van der Waals surface area contributed by atoms with E-state index in [0.717, 1.165) is 25.7 Å². The first-order chi connectivity index (χ1) is 12.5. The average molecular weight is 363 g/mol. The maximum absolute atomic E-state index is 11.5. The van der Waals surface area contributed by atoms with E-state index in [9.17, 15) is 14.4 Å². The fourth-order valence-electron chi connectivity index (χ4n) is 3.09. The zero-order valence-electron chi connectivity index (χ0n) is 15.2. The van der Waals surface area contributed by atoms with Crippen LogP contribution >= 0.6 is 0 Å². The number of amides is 1. The Morgan fingerprint density at radius 3 is 2.23 bits per heavy atom. The first-order valence-electron chi connectivity index (χ1n) is 8.71. The van der Waals surface area contributed by atoms with Crippen LogP contribution in [0.5, 0.6) is 0 Å². The molecule has 7 heteroatoms. The number of rotatable bonds is 6. The summed E-state index contributed by atoms with van der Waals surface area (Å²) in [5.74, 6) is -1.51. The predicted octanol–water partition coefficient (Wildman–Crippen LogP) is 2.40. The maximum Gasteiger partial charge on any atom is 0.396 e. The Hall–Kier alpha value is -2.41. The largest absolute Gasteiger partial charge is 0.469 e. The molecule has 0 aliphatic heterocycles. The van der Waals surface area contributed by atoms with Gasteiger partial charge in [0, 0.05) is 5.69 Å². The Morgan fingerprint density at radius 1 is 1.00 bits per heavy atom. The van der Waals surface area contributed by atoms with Gasteiger partial charge in [-0.15, -0.1) is 0 Å². The van der Waals surface area contributed by atoms with E-state index in [1.165, 1.54) is 19.8 Å². The lowest BCUT2D eigenvalue weighted by Crippen LogP contribution is -2.24. The zero-order chi connectivity index (χ0) is 18.9. The molecule has 7 nitrogen and oxygen atoms in total. The van der Waals surface area contributed by atoms with E-state index >= 15 is 0 Å². The van der Waals surface area contributed by atoms with Crippen LogP contribution in [0, 0.1) is 0 Å². The van der Waals surface area contributed by atoms with Crippen molar-refractivity contribution in [2.24, 2.45) is 0 Å². The molecule has 1 fully saturated rings. The molecule has 1 amide bonds. The summed E-state index contributed by atoms with van der Waals surface area (Å²) in [7, 11) is 2.54. The molecule has 2 rings (SSSR count). The van der Waals surface area contributed by atoms with Crippen LogP contribution in [-0.4, -0.2) is 44.8 Å². The highest BCUT2D eigenvalue weighted by Crippen LogP contribution is 2.34. The topological polar surface area (TPSA) is 90.9 Å². The highest BCUT2D eigenvalue weighted by atomic mass is 16.5. The number of methoxy groups -OCH3 is 2. The van der Waals surface area contributed by atoms with Crippen molar-refractivity contribution in [1.29, 1.82) is 0 Å². The minimum atomic E-state index is -0.917. The van der Waals surface area contributed by atoms with E-state index in [4.69, 9.17) is 4.74 Å². The summed E-state index contributed by atoms with van der Waals surface area (Å²) >= 11 is 0. The highest BCUT2D eigenvalue weighted by Gasteiger charge is 2.23. The Balaban J connectivity index is 1.77. The summed E-state index contributed by atoms with van der Waals surface area (Å²) in [5.41, 5.74) is 1.76. The molecule has 142 valence electrons. The standard InChI is InChI=1S/C19H25NO6/c1-24-17(21)11-12-26-16-9-5-14(6-10-16)13-3-7-15(8-4-13)20-18(22)19(23)25-2/h3-4,7-8,14,16H,5-6,9-12H2,1-2H3,(H,20,22)/t14-,16-. The first kappa shape index (κ1) is 19.9. The molecule has 1 aromatic rings. The number of hydrogen-bond acceptors (Lipinski definition) is 6. The summed E-state index contributed by atoms with van der Waals surface area (Å²) in [4.78, 5) is 33.7. The third-order valence-corrected chi connectivity index (χ3v) is 4.57. The van der Waals surface area contributed by atoms with Gasteiger partial charge in [0.15, 0.2) is 0 Å². The van der Waals surface area contributed by atoms with Crippen LogP contribution in [-0.2, 0) is 28.6 Å². The quantitative estimate of drug-likeness (QED) is 0.616. The smallest absolute Gasteiger partial charge is 0.396 e. The number of esters is 2. The van der Waals surface area contributed by atoms with Crippen LogP contribution in [0.15, 0.2) is 24.3 Å². The Labute approximate surface area is 153 Å². The highest BCUT2D eigenvalue weighted by molar-refractivity contribution is 6.37. The lowest BCUT2D eigenvalue weighted by atomic mass is 9.82. The Bertz CT molecular complexity index is 619. The van der Waals surface area contributed by atoms with Gasteiger partial charge in [-0.1, -0.05) is 12.1 Å². The predicted molar refractivity (Wildman–Crippen MR) is 94.7 cm³/mol. The monoisotopic (exact) mass is 363 g/mol. The van der Waals surface area contributed by atoms with E-state index in [1.54, 1.807) is 12.1 Å². The second-order valence-corrected chi connectivity index (χ2v) is 6.24. The fourth-order valence-corrected chi connectivity index (χ4v) is 3.09. The SMILES string of the molecule is COC(=O)CCO[C@H]1CC[C@H](c2ccc(NC(=O)C(=O)OC)cc2)CC1. The molecule has 0 unspecified atom stereocenters. The minimum absolute atomic E-state index is 0.189. The van der Waals surface area contributed by atoms with Crippen molar-refractivity contribution in [3.05, 3.63) is 29.8 Å². The molecule has 0 spiro atoms. The number of nitrogens with one attached hydrogen (secondary N) is 1. The zero-order valence-corrected chi connectivity index (χ0v) is 15.2. The third-order valence-electron chi connectivity index (χ3n) is 4.57. The Morgan fingerprint density at radius 2 is 1.65 bits per heavy atom. The molecule has 0 heterocycles. The van der Waals surface area contributed by atoms with Gasteiger partial charge in [0.25, 0.3) is 0 Å². The van der Waals surface area contributed by atoms with Gasteiger partial charge < -0.3 is 19.5 Å². The van der Waals surface area contributed by atoms with Gasteiger partial charge >= 0.3 is 17.8 Å². The normalized spacial score (nSPS) is 19.5. The molecule has 1 aliphatic carbocycles. The lowest BCUT2D eigenvalue weighted by molar-refractivity contribution is -0.150. The third kappa shape index (κ3) is 5.84. The number of hydrogen-bond donors (Lipinski definition) is 1. The van der Waals surface area contributed by atoms with Crippen molar-refractivity contribution in [3.63, 3.8) is 0 Å². The summed E-state index contributed by atoms with van der Waals surface area (Å²) in [6, 6.07) is 7.51. The summed E-state index contributed by atoms with van der Waals surface area (Å²) in [6.45, 7) is 0.399. The van der Waals surface area contributed by atoms with Crippen LogP contribution < -0.4 is 5.32 Å². The van der Waals surface area contributed by atoms with Gasteiger partial charge in [-0.2, -0.15) is 0 Å². The van der Waals surface area contributed by atoms with Gasteiger partial charge in [-0.3, -0.25) is 9.59 Å². The molecular weight excluding hydrogens is 338 g/mol. The van der Waals surface area contributed by atoms with Crippen molar-refractivity contribution < 1.29 is 28.6 Å². The number of anilines is 1. The summed E-state index contributed by atoms with van der Waals surface area (Å²) < 4.78 is 14.7. The second kappa shape index (κ2) is 9.91. The molecule has 0 atom stereocenters. The van der Waals surface area contributed by atoms with Crippen LogP contribution in [0.2, 0.25) is 0 Å². The van der Waals surface area contributed by atoms with Crippen molar-refractivity contribution in [2.75, 3.05) is 26.1 Å². The molecule has 0 radical (unpaired) electrons. The van der Waals surface area contributed by atoms with Gasteiger partial charge in [-0.25, -0.2) is 4.79 Å². The van der Waals surface area contributed by atoms with Crippen molar-refractivity contribution in [3.8, 4) is 0 Å². The average Bonchev–Trinajstić information content (AvgIpc) is 2.68. The summed E-state index contributed by atoms with van der Waals surface area (Å²) in [5, 5.41) is 2.50.